The standard InChI is InChI=1S/C12H18N2O5S/c1-13(9-12(15)18-3)8-10-4-6-11(7-5-10)14(2)19-20(16)17/h4-7H,8-9H2,1-3H3,(H,16,17). The summed E-state index contributed by atoms with van der Waals surface area (Å²) in [7, 11) is 4.70. The smallest absolute Gasteiger partial charge is 0.325 e. The SMILES string of the molecule is COC(=O)CN(C)Cc1ccc(N(C)OS(=O)O)cc1. The molecule has 0 amide bonds. The van der Waals surface area contributed by atoms with Crippen molar-refractivity contribution in [2.75, 3.05) is 32.8 Å². The van der Waals surface area contributed by atoms with E-state index in [0.717, 1.165) is 5.56 Å². The van der Waals surface area contributed by atoms with Crippen molar-refractivity contribution in [1.82, 2.24) is 4.90 Å². The molecule has 0 saturated heterocycles. The second kappa shape index (κ2) is 7.95. The van der Waals surface area contributed by atoms with Gasteiger partial charge in [0.15, 0.2) is 0 Å². The molecule has 1 aromatic carbocycles. The van der Waals surface area contributed by atoms with Crippen LogP contribution in [-0.2, 0) is 31.7 Å². The van der Waals surface area contributed by atoms with E-state index in [1.54, 1.807) is 12.1 Å². The predicted octanol–water partition coefficient (Wildman–Crippen LogP) is 0.796. The number of hydrogen-bond donors (Lipinski definition) is 1. The average Bonchev–Trinajstić information content (AvgIpc) is 2.38. The van der Waals surface area contributed by atoms with Gasteiger partial charge in [-0.1, -0.05) is 12.1 Å². The van der Waals surface area contributed by atoms with Gasteiger partial charge in [0, 0.05) is 13.6 Å². The number of nitrogens with zero attached hydrogens (tertiary/aromatic N) is 2. The highest BCUT2D eigenvalue weighted by Crippen LogP contribution is 2.15. The lowest BCUT2D eigenvalue weighted by Gasteiger charge is -2.17. The van der Waals surface area contributed by atoms with Gasteiger partial charge >= 0.3 is 17.3 Å². The van der Waals surface area contributed by atoms with Gasteiger partial charge in [0.25, 0.3) is 0 Å². The van der Waals surface area contributed by atoms with Crippen LogP contribution in [0.4, 0.5) is 5.69 Å². The fourth-order valence-corrected chi connectivity index (χ4v) is 1.88. The van der Waals surface area contributed by atoms with Crippen molar-refractivity contribution in [2.24, 2.45) is 0 Å². The van der Waals surface area contributed by atoms with Crippen molar-refractivity contribution in [3.05, 3.63) is 29.8 Å². The van der Waals surface area contributed by atoms with E-state index < -0.39 is 11.4 Å². The molecule has 112 valence electrons. The fraction of sp³-hybridized carbons (Fsp3) is 0.417. The second-order valence-electron chi connectivity index (χ2n) is 4.20. The summed E-state index contributed by atoms with van der Waals surface area (Å²) in [6.07, 6.45) is 0. The summed E-state index contributed by atoms with van der Waals surface area (Å²) in [6, 6.07) is 7.22. The number of carbonyl (C=O) groups is 1. The summed E-state index contributed by atoms with van der Waals surface area (Å²) < 4.78 is 28.3. The maximum absolute atomic E-state index is 11.1. The van der Waals surface area contributed by atoms with Crippen LogP contribution in [0.15, 0.2) is 24.3 Å². The number of hydrogen-bond acceptors (Lipinski definition) is 6. The topological polar surface area (TPSA) is 79.3 Å². The Labute approximate surface area is 120 Å². The number of ether oxygens (including phenoxy) is 1. The Morgan fingerprint density at radius 1 is 1.30 bits per heavy atom. The van der Waals surface area contributed by atoms with Crippen LogP contribution in [0.5, 0.6) is 0 Å². The van der Waals surface area contributed by atoms with Crippen molar-refractivity contribution >= 4 is 23.0 Å². The Morgan fingerprint density at radius 3 is 2.40 bits per heavy atom. The highest BCUT2D eigenvalue weighted by Gasteiger charge is 2.08. The van der Waals surface area contributed by atoms with E-state index in [4.69, 9.17) is 4.55 Å². The first-order valence-corrected chi connectivity index (χ1v) is 6.83. The van der Waals surface area contributed by atoms with Crippen LogP contribution in [0.3, 0.4) is 0 Å². The van der Waals surface area contributed by atoms with Gasteiger partial charge in [0.2, 0.25) is 0 Å². The lowest BCUT2D eigenvalue weighted by Crippen LogP contribution is -2.26. The predicted molar refractivity (Wildman–Crippen MR) is 75.1 cm³/mol. The number of likely N-dealkylation sites (N-methyl/N-ethyl adjacent to an activating group) is 1. The van der Waals surface area contributed by atoms with Crippen LogP contribution in [0.1, 0.15) is 5.56 Å². The number of anilines is 1. The van der Waals surface area contributed by atoms with E-state index in [1.807, 2.05) is 24.1 Å². The van der Waals surface area contributed by atoms with Gasteiger partial charge in [-0.05, 0) is 24.7 Å². The molecule has 1 unspecified atom stereocenters. The summed E-state index contributed by atoms with van der Waals surface area (Å²) in [5.74, 6) is -0.289. The molecule has 7 nitrogen and oxygen atoms in total. The van der Waals surface area contributed by atoms with Gasteiger partial charge in [-0.25, -0.2) is 5.06 Å². The number of methoxy groups -OCH3 is 1. The normalized spacial score (nSPS) is 12.2. The maximum atomic E-state index is 11.1. The zero-order valence-electron chi connectivity index (χ0n) is 11.6. The molecule has 1 rings (SSSR count). The van der Waals surface area contributed by atoms with Crippen molar-refractivity contribution in [2.45, 2.75) is 6.54 Å². The molecular weight excluding hydrogens is 284 g/mol. The molecule has 0 fully saturated rings. The van der Waals surface area contributed by atoms with E-state index in [0.29, 0.717) is 12.2 Å². The maximum Gasteiger partial charge on any atom is 0.325 e. The Hall–Kier alpha value is -1.48. The molecule has 1 atom stereocenters. The molecule has 0 saturated carbocycles. The van der Waals surface area contributed by atoms with E-state index in [2.05, 4.69) is 9.02 Å². The van der Waals surface area contributed by atoms with Crippen molar-refractivity contribution in [1.29, 1.82) is 0 Å². The highest BCUT2D eigenvalue weighted by molar-refractivity contribution is 7.74. The Morgan fingerprint density at radius 2 is 1.90 bits per heavy atom. The third kappa shape index (κ3) is 5.66. The van der Waals surface area contributed by atoms with Gasteiger partial charge in [0.1, 0.15) is 0 Å². The van der Waals surface area contributed by atoms with E-state index in [-0.39, 0.29) is 12.5 Å². The first kappa shape index (κ1) is 16.6. The molecular formula is C12H18N2O5S. The molecule has 0 bridgehead atoms. The molecule has 0 aliphatic carbocycles. The summed E-state index contributed by atoms with van der Waals surface area (Å²) >= 11 is -2.35. The van der Waals surface area contributed by atoms with E-state index >= 15 is 0 Å². The summed E-state index contributed by atoms with van der Waals surface area (Å²) in [6.45, 7) is 0.802. The summed E-state index contributed by atoms with van der Waals surface area (Å²) in [5.41, 5.74) is 1.64. The Balaban J connectivity index is 2.58. The van der Waals surface area contributed by atoms with Crippen molar-refractivity contribution in [3.63, 3.8) is 0 Å². The van der Waals surface area contributed by atoms with E-state index in [1.165, 1.54) is 19.2 Å². The number of benzene rings is 1. The molecule has 0 aromatic heterocycles. The minimum Gasteiger partial charge on any atom is -0.468 e. The minimum atomic E-state index is -2.35. The van der Waals surface area contributed by atoms with Crippen molar-refractivity contribution < 1.29 is 22.6 Å². The second-order valence-corrected chi connectivity index (χ2v) is 4.79. The van der Waals surface area contributed by atoms with Crippen molar-refractivity contribution in [3.8, 4) is 0 Å². The van der Waals surface area contributed by atoms with Gasteiger partial charge in [-0.2, -0.15) is 4.21 Å². The first-order valence-electron chi connectivity index (χ1n) is 5.79. The molecule has 8 heteroatoms. The lowest BCUT2D eigenvalue weighted by atomic mass is 10.2. The summed E-state index contributed by atoms with van der Waals surface area (Å²) in [5, 5.41) is 1.21. The molecule has 1 N–H and O–H groups in total. The average molecular weight is 302 g/mol. The molecule has 0 radical (unpaired) electrons. The molecule has 0 aliphatic heterocycles. The molecule has 20 heavy (non-hydrogen) atoms. The third-order valence-electron chi connectivity index (χ3n) is 2.55. The van der Waals surface area contributed by atoms with Crippen LogP contribution < -0.4 is 5.06 Å². The van der Waals surface area contributed by atoms with Crippen LogP contribution >= 0.6 is 0 Å². The molecule has 0 spiro atoms. The number of rotatable bonds is 7. The summed E-state index contributed by atoms with van der Waals surface area (Å²) in [4.78, 5) is 12.9. The highest BCUT2D eigenvalue weighted by atomic mass is 32.2. The van der Waals surface area contributed by atoms with Gasteiger partial charge < -0.3 is 4.74 Å². The largest absolute Gasteiger partial charge is 0.468 e. The van der Waals surface area contributed by atoms with Gasteiger partial charge in [0.05, 0.1) is 19.3 Å². The number of esters is 1. The first-order chi connectivity index (χ1) is 9.42. The Kier molecular flexibility index (Phi) is 6.59. The van der Waals surface area contributed by atoms with Crippen LogP contribution in [0, 0.1) is 0 Å². The molecule has 1 aromatic rings. The molecule has 0 heterocycles. The van der Waals surface area contributed by atoms with Crippen LogP contribution in [-0.4, -0.2) is 47.4 Å². The zero-order valence-corrected chi connectivity index (χ0v) is 12.4. The van der Waals surface area contributed by atoms with Gasteiger partial charge in [-0.15, -0.1) is 4.28 Å². The monoisotopic (exact) mass is 302 g/mol. The quantitative estimate of drug-likeness (QED) is 0.453. The zero-order chi connectivity index (χ0) is 15.1. The number of hydroxylamine groups is 1. The fourth-order valence-electron chi connectivity index (χ4n) is 1.60. The molecule has 0 aliphatic rings. The van der Waals surface area contributed by atoms with E-state index in [9.17, 15) is 9.00 Å². The number of carbonyl (C=O) groups excluding carboxylic acids is 1. The van der Waals surface area contributed by atoms with Gasteiger partial charge in [-0.3, -0.25) is 14.2 Å². The Bertz CT molecular complexity index is 465. The minimum absolute atomic E-state index is 0.213. The lowest BCUT2D eigenvalue weighted by molar-refractivity contribution is -0.141. The third-order valence-corrected chi connectivity index (χ3v) is 2.91. The van der Waals surface area contributed by atoms with Crippen LogP contribution in [0.25, 0.3) is 0 Å². The van der Waals surface area contributed by atoms with Crippen LogP contribution in [0.2, 0.25) is 0 Å².